The molecule has 0 unspecified atom stereocenters. The SMILES string of the molecule is O=C(NC1CCN(C(=O)C2CC2)CC1)Oc1ccccc1. The van der Waals surface area contributed by atoms with Crippen LogP contribution in [0.5, 0.6) is 5.75 Å². The van der Waals surface area contributed by atoms with Gasteiger partial charge in [-0.2, -0.15) is 0 Å². The van der Waals surface area contributed by atoms with E-state index in [-0.39, 0.29) is 12.0 Å². The molecule has 1 N–H and O–H groups in total. The third kappa shape index (κ3) is 3.74. The summed E-state index contributed by atoms with van der Waals surface area (Å²) in [5.74, 6) is 1.11. The van der Waals surface area contributed by atoms with Crippen LogP contribution in [0, 0.1) is 5.92 Å². The molecule has 2 fully saturated rings. The summed E-state index contributed by atoms with van der Waals surface area (Å²) in [6.07, 6.45) is 3.25. The van der Waals surface area contributed by atoms with Crippen LogP contribution in [0.3, 0.4) is 0 Å². The van der Waals surface area contributed by atoms with Crippen LogP contribution in [-0.2, 0) is 4.79 Å². The average Bonchev–Trinajstić information content (AvgIpc) is 3.33. The van der Waals surface area contributed by atoms with Gasteiger partial charge in [0.2, 0.25) is 5.91 Å². The largest absolute Gasteiger partial charge is 0.412 e. The van der Waals surface area contributed by atoms with Gasteiger partial charge in [-0.1, -0.05) is 18.2 Å². The van der Waals surface area contributed by atoms with E-state index < -0.39 is 6.09 Å². The van der Waals surface area contributed by atoms with E-state index in [1.807, 2.05) is 23.1 Å². The lowest BCUT2D eigenvalue weighted by molar-refractivity contribution is -0.133. The number of carbonyl (C=O) groups excluding carboxylic acids is 2. The van der Waals surface area contributed by atoms with Crippen molar-refractivity contribution in [2.75, 3.05) is 13.1 Å². The van der Waals surface area contributed by atoms with Gasteiger partial charge < -0.3 is 15.0 Å². The summed E-state index contributed by atoms with van der Waals surface area (Å²) >= 11 is 0. The van der Waals surface area contributed by atoms with E-state index in [4.69, 9.17) is 4.74 Å². The van der Waals surface area contributed by atoms with E-state index in [1.54, 1.807) is 12.1 Å². The van der Waals surface area contributed by atoms with Gasteiger partial charge in [0, 0.05) is 25.0 Å². The molecule has 0 bridgehead atoms. The predicted molar refractivity (Wildman–Crippen MR) is 77.9 cm³/mol. The Kier molecular flexibility index (Phi) is 4.08. The van der Waals surface area contributed by atoms with Crippen LogP contribution in [0.4, 0.5) is 4.79 Å². The molecule has 1 aromatic carbocycles. The minimum Gasteiger partial charge on any atom is -0.410 e. The summed E-state index contributed by atoms with van der Waals surface area (Å²) in [5, 5.41) is 2.87. The first-order valence-corrected chi connectivity index (χ1v) is 7.54. The van der Waals surface area contributed by atoms with Crippen LogP contribution >= 0.6 is 0 Å². The summed E-state index contributed by atoms with van der Waals surface area (Å²) < 4.78 is 5.21. The van der Waals surface area contributed by atoms with Crippen LogP contribution in [0.2, 0.25) is 0 Å². The van der Waals surface area contributed by atoms with Crippen molar-refractivity contribution in [3.05, 3.63) is 30.3 Å². The fourth-order valence-corrected chi connectivity index (χ4v) is 2.62. The van der Waals surface area contributed by atoms with Gasteiger partial charge >= 0.3 is 6.09 Å². The van der Waals surface area contributed by atoms with Crippen molar-refractivity contribution >= 4 is 12.0 Å². The van der Waals surface area contributed by atoms with Crippen molar-refractivity contribution in [1.29, 1.82) is 0 Å². The molecule has 1 aliphatic heterocycles. The van der Waals surface area contributed by atoms with Crippen molar-refractivity contribution in [1.82, 2.24) is 10.2 Å². The number of amides is 2. The van der Waals surface area contributed by atoms with Crippen molar-refractivity contribution in [2.24, 2.45) is 5.92 Å². The number of likely N-dealkylation sites (tertiary alicyclic amines) is 1. The van der Waals surface area contributed by atoms with Gasteiger partial charge in [0.05, 0.1) is 0 Å². The third-order valence-electron chi connectivity index (χ3n) is 4.01. The van der Waals surface area contributed by atoms with Crippen molar-refractivity contribution in [3.63, 3.8) is 0 Å². The van der Waals surface area contributed by atoms with Crippen LogP contribution in [0.1, 0.15) is 25.7 Å². The zero-order valence-corrected chi connectivity index (χ0v) is 12.0. The maximum atomic E-state index is 11.9. The number of piperidine rings is 1. The Labute approximate surface area is 124 Å². The normalized spacial score (nSPS) is 19.1. The number of benzene rings is 1. The minimum absolute atomic E-state index is 0.0875. The second kappa shape index (κ2) is 6.16. The molecule has 3 rings (SSSR count). The number of hydrogen-bond acceptors (Lipinski definition) is 3. The van der Waals surface area contributed by atoms with Gasteiger partial charge in [0.25, 0.3) is 0 Å². The lowest BCUT2D eigenvalue weighted by Gasteiger charge is -2.32. The molecular weight excluding hydrogens is 268 g/mol. The number of rotatable bonds is 3. The van der Waals surface area contributed by atoms with E-state index in [0.29, 0.717) is 11.7 Å². The fourth-order valence-electron chi connectivity index (χ4n) is 2.62. The minimum atomic E-state index is -0.423. The first-order valence-electron chi connectivity index (χ1n) is 7.54. The summed E-state index contributed by atoms with van der Waals surface area (Å²) in [5.41, 5.74) is 0. The zero-order valence-electron chi connectivity index (χ0n) is 12.0. The fraction of sp³-hybridized carbons (Fsp3) is 0.500. The second-order valence-electron chi connectivity index (χ2n) is 5.72. The van der Waals surface area contributed by atoms with Crippen molar-refractivity contribution < 1.29 is 14.3 Å². The van der Waals surface area contributed by atoms with Crippen molar-refractivity contribution in [3.8, 4) is 5.75 Å². The number of nitrogens with one attached hydrogen (secondary N) is 1. The number of ether oxygens (including phenoxy) is 1. The molecule has 0 atom stereocenters. The Bertz CT molecular complexity index is 506. The van der Waals surface area contributed by atoms with Gasteiger partial charge in [-0.15, -0.1) is 0 Å². The molecule has 21 heavy (non-hydrogen) atoms. The van der Waals surface area contributed by atoms with Gasteiger partial charge in [-0.3, -0.25) is 4.79 Å². The third-order valence-corrected chi connectivity index (χ3v) is 4.01. The van der Waals surface area contributed by atoms with Crippen LogP contribution in [-0.4, -0.2) is 36.0 Å². The van der Waals surface area contributed by atoms with E-state index >= 15 is 0 Å². The average molecular weight is 288 g/mol. The van der Waals surface area contributed by atoms with E-state index in [0.717, 1.165) is 38.8 Å². The monoisotopic (exact) mass is 288 g/mol. The van der Waals surface area contributed by atoms with Gasteiger partial charge in [0.15, 0.2) is 0 Å². The highest BCUT2D eigenvalue weighted by atomic mass is 16.6. The first kappa shape index (κ1) is 13.9. The summed E-state index contributed by atoms with van der Waals surface area (Å²) in [6.45, 7) is 1.46. The zero-order chi connectivity index (χ0) is 14.7. The van der Waals surface area contributed by atoms with Gasteiger partial charge in [-0.05, 0) is 37.8 Å². The Balaban J connectivity index is 1.42. The molecule has 1 saturated carbocycles. The number of carbonyl (C=O) groups is 2. The number of para-hydroxylation sites is 1. The van der Waals surface area contributed by atoms with E-state index in [2.05, 4.69) is 5.32 Å². The molecule has 2 amide bonds. The maximum Gasteiger partial charge on any atom is 0.412 e. The smallest absolute Gasteiger partial charge is 0.410 e. The molecular formula is C16H20N2O3. The quantitative estimate of drug-likeness (QED) is 0.927. The number of nitrogens with zero attached hydrogens (tertiary/aromatic N) is 1. The molecule has 0 aromatic heterocycles. The molecule has 1 heterocycles. The number of hydrogen-bond donors (Lipinski definition) is 1. The Morgan fingerprint density at radius 3 is 2.33 bits per heavy atom. The molecule has 1 aromatic rings. The Morgan fingerprint density at radius 1 is 1.05 bits per heavy atom. The van der Waals surface area contributed by atoms with Crippen LogP contribution < -0.4 is 10.1 Å². The van der Waals surface area contributed by atoms with Gasteiger partial charge in [-0.25, -0.2) is 4.79 Å². The lowest BCUT2D eigenvalue weighted by atomic mass is 10.0. The summed E-state index contributed by atoms with van der Waals surface area (Å²) in [4.78, 5) is 25.7. The lowest BCUT2D eigenvalue weighted by Crippen LogP contribution is -2.47. The molecule has 112 valence electrons. The Hall–Kier alpha value is -2.04. The van der Waals surface area contributed by atoms with E-state index in [1.165, 1.54) is 0 Å². The maximum absolute atomic E-state index is 11.9. The van der Waals surface area contributed by atoms with Crippen molar-refractivity contribution in [2.45, 2.75) is 31.7 Å². The first-order chi connectivity index (χ1) is 10.2. The molecule has 0 spiro atoms. The summed E-state index contributed by atoms with van der Waals surface area (Å²) in [7, 11) is 0. The van der Waals surface area contributed by atoms with Crippen LogP contribution in [0.15, 0.2) is 30.3 Å². The predicted octanol–water partition coefficient (Wildman–Crippen LogP) is 2.18. The Morgan fingerprint density at radius 2 is 1.71 bits per heavy atom. The van der Waals surface area contributed by atoms with E-state index in [9.17, 15) is 9.59 Å². The van der Waals surface area contributed by atoms with Crippen LogP contribution in [0.25, 0.3) is 0 Å². The molecule has 1 aliphatic carbocycles. The van der Waals surface area contributed by atoms with Gasteiger partial charge in [0.1, 0.15) is 5.75 Å². The summed E-state index contributed by atoms with van der Waals surface area (Å²) in [6, 6.07) is 9.10. The molecule has 0 radical (unpaired) electrons. The second-order valence-corrected chi connectivity index (χ2v) is 5.72. The highest BCUT2D eigenvalue weighted by molar-refractivity contribution is 5.81. The molecule has 5 heteroatoms. The highest BCUT2D eigenvalue weighted by Gasteiger charge is 2.35. The highest BCUT2D eigenvalue weighted by Crippen LogP contribution is 2.31. The topological polar surface area (TPSA) is 58.6 Å². The molecule has 2 aliphatic rings. The standard InChI is InChI=1S/C16H20N2O3/c19-15(12-6-7-12)18-10-8-13(9-11-18)17-16(20)21-14-4-2-1-3-5-14/h1-5,12-13H,6-11H2,(H,17,20). The molecule has 5 nitrogen and oxygen atoms in total. The molecule has 1 saturated heterocycles.